The van der Waals surface area contributed by atoms with Crippen LogP contribution in [0.3, 0.4) is 0 Å². The van der Waals surface area contributed by atoms with Gasteiger partial charge in [0.2, 0.25) is 0 Å². The standard InChI is InChI=1S/C11H15NOS/c1-2-9-3-6-11(13,7-4-9)10-5-8-14-12-10/h3,5-6,8-9,13H,2,4,7H2,1H3. The topological polar surface area (TPSA) is 33.1 Å². The van der Waals surface area contributed by atoms with Crippen molar-refractivity contribution < 1.29 is 5.11 Å². The first-order valence-electron chi connectivity index (χ1n) is 5.07. The predicted molar refractivity (Wildman–Crippen MR) is 58.2 cm³/mol. The maximum absolute atomic E-state index is 10.3. The molecule has 0 bridgehead atoms. The van der Waals surface area contributed by atoms with Gasteiger partial charge in [-0.15, -0.1) is 0 Å². The Labute approximate surface area is 88.5 Å². The van der Waals surface area contributed by atoms with Gasteiger partial charge >= 0.3 is 0 Å². The minimum absolute atomic E-state index is 0.633. The second kappa shape index (κ2) is 3.83. The van der Waals surface area contributed by atoms with E-state index in [4.69, 9.17) is 0 Å². The van der Waals surface area contributed by atoms with Crippen molar-refractivity contribution >= 4 is 11.5 Å². The molecule has 0 aromatic carbocycles. The molecule has 0 saturated heterocycles. The lowest BCUT2D eigenvalue weighted by Gasteiger charge is -2.29. The van der Waals surface area contributed by atoms with E-state index in [0.29, 0.717) is 5.92 Å². The summed E-state index contributed by atoms with van der Waals surface area (Å²) < 4.78 is 4.20. The van der Waals surface area contributed by atoms with Gasteiger partial charge in [-0.3, -0.25) is 0 Å². The first-order valence-corrected chi connectivity index (χ1v) is 5.91. The minimum Gasteiger partial charge on any atom is -0.379 e. The molecular weight excluding hydrogens is 194 g/mol. The van der Waals surface area contributed by atoms with Gasteiger partial charge in [0.05, 0.1) is 5.69 Å². The lowest BCUT2D eigenvalue weighted by Crippen LogP contribution is -2.27. The van der Waals surface area contributed by atoms with E-state index in [2.05, 4.69) is 17.4 Å². The second-order valence-corrected chi connectivity index (χ2v) is 4.54. The summed E-state index contributed by atoms with van der Waals surface area (Å²) in [5.74, 6) is 0.633. The highest BCUT2D eigenvalue weighted by Gasteiger charge is 2.31. The maximum atomic E-state index is 10.3. The van der Waals surface area contributed by atoms with Gasteiger partial charge in [0, 0.05) is 5.38 Å². The largest absolute Gasteiger partial charge is 0.379 e. The summed E-state index contributed by atoms with van der Waals surface area (Å²) in [5, 5.41) is 12.2. The molecule has 1 aromatic rings. The molecule has 1 aliphatic carbocycles. The van der Waals surface area contributed by atoms with E-state index in [-0.39, 0.29) is 0 Å². The summed E-state index contributed by atoms with van der Waals surface area (Å²) in [5.41, 5.74) is -0.000576. The fourth-order valence-corrected chi connectivity index (χ4v) is 2.45. The van der Waals surface area contributed by atoms with Crippen LogP contribution in [-0.4, -0.2) is 9.48 Å². The van der Waals surface area contributed by atoms with E-state index in [1.165, 1.54) is 11.5 Å². The molecule has 0 radical (unpaired) electrons. The van der Waals surface area contributed by atoms with Gasteiger partial charge in [-0.05, 0) is 42.8 Å². The molecule has 14 heavy (non-hydrogen) atoms. The van der Waals surface area contributed by atoms with Crippen LogP contribution in [0.15, 0.2) is 23.6 Å². The van der Waals surface area contributed by atoms with Crippen molar-refractivity contribution in [1.82, 2.24) is 4.37 Å². The van der Waals surface area contributed by atoms with Crippen molar-refractivity contribution in [3.63, 3.8) is 0 Å². The van der Waals surface area contributed by atoms with Crippen LogP contribution in [0.4, 0.5) is 0 Å². The smallest absolute Gasteiger partial charge is 0.126 e. The highest BCUT2D eigenvalue weighted by atomic mass is 32.1. The zero-order valence-corrected chi connectivity index (χ0v) is 9.13. The van der Waals surface area contributed by atoms with Crippen LogP contribution in [-0.2, 0) is 5.60 Å². The summed E-state index contributed by atoms with van der Waals surface area (Å²) in [6, 6.07) is 1.90. The fraction of sp³-hybridized carbons (Fsp3) is 0.545. The van der Waals surface area contributed by atoms with Gasteiger partial charge in [0.1, 0.15) is 5.60 Å². The molecule has 0 spiro atoms. The molecule has 0 aliphatic heterocycles. The summed E-state index contributed by atoms with van der Waals surface area (Å²) >= 11 is 1.39. The van der Waals surface area contributed by atoms with Crippen LogP contribution in [0, 0.1) is 5.92 Å². The normalized spacial score (nSPS) is 32.0. The molecule has 0 saturated carbocycles. The molecule has 0 amide bonds. The summed E-state index contributed by atoms with van der Waals surface area (Å²) in [4.78, 5) is 0. The Morgan fingerprint density at radius 3 is 3.07 bits per heavy atom. The third-order valence-corrected chi connectivity index (χ3v) is 3.51. The molecule has 1 aliphatic rings. The Balaban J connectivity index is 2.20. The lowest BCUT2D eigenvalue weighted by molar-refractivity contribution is 0.0626. The number of aliphatic hydroxyl groups is 1. The Morgan fingerprint density at radius 1 is 1.71 bits per heavy atom. The highest BCUT2D eigenvalue weighted by molar-refractivity contribution is 7.03. The molecule has 3 heteroatoms. The highest BCUT2D eigenvalue weighted by Crippen LogP contribution is 2.34. The lowest BCUT2D eigenvalue weighted by atomic mass is 9.82. The van der Waals surface area contributed by atoms with Gasteiger partial charge < -0.3 is 5.11 Å². The summed E-state index contributed by atoms with van der Waals surface area (Å²) in [7, 11) is 0. The Hall–Kier alpha value is -0.670. The third-order valence-electron chi connectivity index (χ3n) is 2.95. The third kappa shape index (κ3) is 1.74. The molecule has 1 heterocycles. The molecule has 2 atom stereocenters. The number of hydrogen-bond acceptors (Lipinski definition) is 3. The SMILES string of the molecule is CCC1C=CC(O)(c2ccsn2)CC1. The maximum Gasteiger partial charge on any atom is 0.126 e. The van der Waals surface area contributed by atoms with Gasteiger partial charge in [-0.2, -0.15) is 4.37 Å². The van der Waals surface area contributed by atoms with Crippen LogP contribution in [0.25, 0.3) is 0 Å². The Morgan fingerprint density at radius 2 is 2.57 bits per heavy atom. The quantitative estimate of drug-likeness (QED) is 0.760. The van der Waals surface area contributed by atoms with Crippen LogP contribution in [0.2, 0.25) is 0 Å². The average Bonchev–Trinajstić information content (AvgIpc) is 2.72. The van der Waals surface area contributed by atoms with E-state index < -0.39 is 5.60 Å². The predicted octanol–water partition coefficient (Wildman–Crippen LogP) is 2.71. The molecule has 76 valence electrons. The average molecular weight is 209 g/mol. The minimum atomic E-state index is -0.800. The number of allylic oxidation sites excluding steroid dienone is 1. The number of hydrogen-bond donors (Lipinski definition) is 1. The van der Waals surface area contributed by atoms with E-state index in [9.17, 15) is 5.11 Å². The van der Waals surface area contributed by atoms with Crippen molar-refractivity contribution in [2.45, 2.75) is 31.8 Å². The van der Waals surface area contributed by atoms with Gasteiger partial charge in [0.15, 0.2) is 0 Å². The molecule has 2 unspecified atom stereocenters. The van der Waals surface area contributed by atoms with E-state index in [0.717, 1.165) is 25.0 Å². The van der Waals surface area contributed by atoms with Crippen molar-refractivity contribution in [2.75, 3.05) is 0 Å². The van der Waals surface area contributed by atoms with Crippen molar-refractivity contribution in [3.8, 4) is 0 Å². The van der Waals surface area contributed by atoms with Crippen LogP contribution in [0.5, 0.6) is 0 Å². The van der Waals surface area contributed by atoms with Gasteiger partial charge in [0.25, 0.3) is 0 Å². The Bertz CT molecular complexity index is 320. The molecule has 1 N–H and O–H groups in total. The van der Waals surface area contributed by atoms with Crippen LogP contribution < -0.4 is 0 Å². The van der Waals surface area contributed by atoms with E-state index in [1.807, 2.05) is 17.5 Å². The zero-order chi connectivity index (χ0) is 10.0. The number of nitrogens with zero attached hydrogens (tertiary/aromatic N) is 1. The first kappa shape index (κ1) is 9.87. The van der Waals surface area contributed by atoms with Crippen molar-refractivity contribution in [2.24, 2.45) is 5.92 Å². The zero-order valence-electron chi connectivity index (χ0n) is 8.31. The molecule has 1 aromatic heterocycles. The van der Waals surface area contributed by atoms with Crippen LogP contribution in [0.1, 0.15) is 31.9 Å². The monoisotopic (exact) mass is 209 g/mol. The summed E-state index contributed by atoms with van der Waals surface area (Å²) in [6.45, 7) is 2.18. The molecule has 0 fully saturated rings. The first-order chi connectivity index (χ1) is 6.74. The van der Waals surface area contributed by atoms with E-state index in [1.54, 1.807) is 0 Å². The Kier molecular flexibility index (Phi) is 2.70. The molecule has 2 nitrogen and oxygen atoms in total. The van der Waals surface area contributed by atoms with Gasteiger partial charge in [-0.1, -0.05) is 19.1 Å². The van der Waals surface area contributed by atoms with Crippen molar-refractivity contribution in [1.29, 1.82) is 0 Å². The van der Waals surface area contributed by atoms with Gasteiger partial charge in [-0.25, -0.2) is 0 Å². The fourth-order valence-electron chi connectivity index (χ4n) is 1.87. The van der Waals surface area contributed by atoms with Crippen molar-refractivity contribution in [3.05, 3.63) is 29.3 Å². The summed E-state index contributed by atoms with van der Waals surface area (Å²) in [6.07, 6.45) is 7.05. The number of rotatable bonds is 2. The second-order valence-electron chi connectivity index (χ2n) is 3.88. The van der Waals surface area contributed by atoms with Crippen LogP contribution >= 0.6 is 11.5 Å². The molecule has 2 rings (SSSR count). The number of aromatic nitrogens is 1. The van der Waals surface area contributed by atoms with E-state index >= 15 is 0 Å². The molecular formula is C11H15NOS.